The minimum Gasteiger partial charge on any atom is -0.465 e. The van der Waals surface area contributed by atoms with Crippen LogP contribution in [-0.2, 0) is 9.53 Å². The van der Waals surface area contributed by atoms with Crippen LogP contribution in [0, 0.1) is 17.2 Å². The van der Waals surface area contributed by atoms with Crippen LogP contribution in [0.3, 0.4) is 0 Å². The maximum Gasteiger partial charge on any atom is 0.323 e. The van der Waals surface area contributed by atoms with Gasteiger partial charge >= 0.3 is 5.97 Å². The molecule has 0 rings (SSSR count). The molecule has 0 aliphatic heterocycles. The molecule has 0 aliphatic rings. The standard InChI is InChI=1S/C8H12BrNO2/c1-2-12-8(11)7(6-10)4-3-5-9/h7H,2-5H2,1H3. The molecule has 0 amide bonds. The van der Waals surface area contributed by atoms with Gasteiger partial charge in [0.25, 0.3) is 0 Å². The van der Waals surface area contributed by atoms with Gasteiger partial charge in [0.15, 0.2) is 0 Å². The van der Waals surface area contributed by atoms with Crippen LogP contribution < -0.4 is 0 Å². The van der Waals surface area contributed by atoms with E-state index in [2.05, 4.69) is 15.9 Å². The van der Waals surface area contributed by atoms with E-state index in [-0.39, 0.29) is 0 Å². The van der Waals surface area contributed by atoms with Crippen molar-refractivity contribution in [1.82, 2.24) is 0 Å². The molecule has 0 N–H and O–H groups in total. The highest BCUT2D eigenvalue weighted by atomic mass is 79.9. The van der Waals surface area contributed by atoms with Crippen LogP contribution in [-0.4, -0.2) is 17.9 Å². The number of ether oxygens (including phenoxy) is 1. The number of hydrogen-bond donors (Lipinski definition) is 0. The minimum atomic E-state index is -0.595. The molecule has 0 radical (unpaired) electrons. The second kappa shape index (κ2) is 7.11. The first-order valence-corrected chi connectivity index (χ1v) is 5.00. The number of halogens is 1. The van der Waals surface area contributed by atoms with Gasteiger partial charge < -0.3 is 4.74 Å². The van der Waals surface area contributed by atoms with Gasteiger partial charge in [0.2, 0.25) is 0 Å². The first kappa shape index (κ1) is 11.4. The van der Waals surface area contributed by atoms with Crippen molar-refractivity contribution < 1.29 is 9.53 Å². The highest BCUT2D eigenvalue weighted by Crippen LogP contribution is 2.08. The molecule has 0 heterocycles. The first-order valence-electron chi connectivity index (χ1n) is 3.88. The van der Waals surface area contributed by atoms with E-state index in [0.717, 1.165) is 11.8 Å². The SMILES string of the molecule is CCOC(=O)C(C#N)CCCBr. The van der Waals surface area contributed by atoms with Crippen LogP contribution in [0.2, 0.25) is 0 Å². The van der Waals surface area contributed by atoms with Crippen LogP contribution in [0.5, 0.6) is 0 Å². The Balaban J connectivity index is 3.81. The summed E-state index contributed by atoms with van der Waals surface area (Å²) in [5.41, 5.74) is 0. The molecule has 0 aromatic rings. The Labute approximate surface area is 80.8 Å². The molecule has 0 bridgehead atoms. The van der Waals surface area contributed by atoms with Gasteiger partial charge in [0.05, 0.1) is 12.7 Å². The van der Waals surface area contributed by atoms with Gasteiger partial charge in [-0.05, 0) is 19.8 Å². The topological polar surface area (TPSA) is 50.1 Å². The summed E-state index contributed by atoms with van der Waals surface area (Å²) >= 11 is 3.23. The van der Waals surface area contributed by atoms with Crippen molar-refractivity contribution in [2.24, 2.45) is 5.92 Å². The smallest absolute Gasteiger partial charge is 0.323 e. The monoisotopic (exact) mass is 233 g/mol. The van der Waals surface area contributed by atoms with Crippen molar-refractivity contribution in [3.63, 3.8) is 0 Å². The van der Waals surface area contributed by atoms with Gasteiger partial charge in [-0.3, -0.25) is 4.79 Å². The van der Waals surface area contributed by atoms with Crippen LogP contribution in [0.25, 0.3) is 0 Å². The Morgan fingerprint density at radius 3 is 2.83 bits per heavy atom. The van der Waals surface area contributed by atoms with Crippen LogP contribution >= 0.6 is 15.9 Å². The van der Waals surface area contributed by atoms with E-state index < -0.39 is 11.9 Å². The van der Waals surface area contributed by atoms with Gasteiger partial charge in [-0.15, -0.1) is 0 Å². The van der Waals surface area contributed by atoms with Crippen molar-refractivity contribution >= 4 is 21.9 Å². The average Bonchev–Trinajstić information content (AvgIpc) is 2.06. The molecule has 3 nitrogen and oxygen atoms in total. The maximum absolute atomic E-state index is 11.0. The summed E-state index contributed by atoms with van der Waals surface area (Å²) in [7, 11) is 0. The number of nitrogens with zero attached hydrogens (tertiary/aromatic N) is 1. The van der Waals surface area contributed by atoms with E-state index in [4.69, 9.17) is 10.00 Å². The summed E-state index contributed by atoms with van der Waals surface area (Å²) in [4.78, 5) is 11.0. The predicted molar refractivity (Wildman–Crippen MR) is 48.8 cm³/mol. The van der Waals surface area contributed by atoms with Gasteiger partial charge in [-0.1, -0.05) is 15.9 Å². The minimum absolute atomic E-state index is 0.339. The lowest BCUT2D eigenvalue weighted by Gasteiger charge is -2.06. The maximum atomic E-state index is 11.0. The van der Waals surface area contributed by atoms with Crippen molar-refractivity contribution in [3.05, 3.63) is 0 Å². The number of hydrogen-bond acceptors (Lipinski definition) is 3. The molecule has 0 aliphatic carbocycles. The number of alkyl halides is 1. The van der Waals surface area contributed by atoms with E-state index in [1.165, 1.54) is 0 Å². The van der Waals surface area contributed by atoms with Gasteiger partial charge in [-0.25, -0.2) is 0 Å². The lowest BCUT2D eigenvalue weighted by atomic mass is 10.1. The Morgan fingerprint density at radius 2 is 2.42 bits per heavy atom. The third kappa shape index (κ3) is 4.35. The molecule has 0 fully saturated rings. The molecule has 68 valence electrons. The number of esters is 1. The fraction of sp³-hybridized carbons (Fsp3) is 0.750. The first-order chi connectivity index (χ1) is 5.76. The van der Waals surface area contributed by atoms with Crippen LogP contribution in [0.1, 0.15) is 19.8 Å². The summed E-state index contributed by atoms with van der Waals surface area (Å²) in [6, 6.07) is 1.93. The summed E-state index contributed by atoms with van der Waals surface area (Å²) in [6.45, 7) is 2.07. The van der Waals surface area contributed by atoms with Crippen molar-refractivity contribution in [1.29, 1.82) is 5.26 Å². The second-order valence-electron chi connectivity index (χ2n) is 2.26. The third-order valence-electron chi connectivity index (χ3n) is 1.35. The largest absolute Gasteiger partial charge is 0.465 e. The van der Waals surface area contributed by atoms with Crippen molar-refractivity contribution in [2.45, 2.75) is 19.8 Å². The number of rotatable bonds is 5. The Hall–Kier alpha value is -0.560. The van der Waals surface area contributed by atoms with Crippen molar-refractivity contribution in [3.8, 4) is 6.07 Å². The third-order valence-corrected chi connectivity index (χ3v) is 1.91. The summed E-state index contributed by atoms with van der Waals surface area (Å²) < 4.78 is 4.72. The Morgan fingerprint density at radius 1 is 1.75 bits per heavy atom. The average molecular weight is 234 g/mol. The number of carbonyl (C=O) groups is 1. The molecular weight excluding hydrogens is 222 g/mol. The zero-order valence-electron chi connectivity index (χ0n) is 7.05. The lowest BCUT2D eigenvalue weighted by molar-refractivity contribution is -0.146. The summed E-state index contributed by atoms with van der Waals surface area (Å²) in [5, 5.41) is 9.39. The summed E-state index contributed by atoms with van der Waals surface area (Å²) in [5.74, 6) is -0.997. The van der Waals surface area contributed by atoms with E-state index in [1.54, 1.807) is 6.92 Å². The lowest BCUT2D eigenvalue weighted by Crippen LogP contribution is -2.16. The molecule has 0 saturated heterocycles. The van der Waals surface area contributed by atoms with E-state index >= 15 is 0 Å². The highest BCUT2D eigenvalue weighted by molar-refractivity contribution is 9.09. The zero-order chi connectivity index (χ0) is 9.40. The number of carbonyl (C=O) groups excluding carboxylic acids is 1. The molecule has 0 spiro atoms. The Bertz CT molecular complexity index is 176. The number of nitriles is 1. The molecule has 1 atom stereocenters. The van der Waals surface area contributed by atoms with E-state index in [9.17, 15) is 4.79 Å². The molecule has 0 aromatic heterocycles. The molecule has 1 unspecified atom stereocenters. The quantitative estimate of drug-likeness (QED) is 0.538. The molecule has 0 aromatic carbocycles. The molecular formula is C8H12BrNO2. The predicted octanol–water partition coefficient (Wildman–Crippen LogP) is 1.86. The second-order valence-corrected chi connectivity index (χ2v) is 3.06. The Kier molecular flexibility index (Phi) is 6.78. The fourth-order valence-corrected chi connectivity index (χ4v) is 1.08. The van der Waals surface area contributed by atoms with Gasteiger partial charge in [0, 0.05) is 5.33 Å². The van der Waals surface area contributed by atoms with Crippen LogP contribution in [0.15, 0.2) is 0 Å². The molecule has 12 heavy (non-hydrogen) atoms. The van der Waals surface area contributed by atoms with E-state index in [1.807, 2.05) is 6.07 Å². The molecule has 0 saturated carbocycles. The normalized spacial score (nSPS) is 11.8. The fourth-order valence-electron chi connectivity index (χ4n) is 0.759. The van der Waals surface area contributed by atoms with E-state index in [0.29, 0.717) is 13.0 Å². The van der Waals surface area contributed by atoms with Gasteiger partial charge in [0.1, 0.15) is 5.92 Å². The highest BCUT2D eigenvalue weighted by Gasteiger charge is 2.17. The zero-order valence-corrected chi connectivity index (χ0v) is 8.63. The molecule has 4 heteroatoms. The van der Waals surface area contributed by atoms with Crippen molar-refractivity contribution in [2.75, 3.05) is 11.9 Å². The van der Waals surface area contributed by atoms with Crippen LogP contribution in [0.4, 0.5) is 0 Å². The summed E-state index contributed by atoms with van der Waals surface area (Å²) in [6.07, 6.45) is 1.39. The van der Waals surface area contributed by atoms with Gasteiger partial charge in [-0.2, -0.15) is 5.26 Å².